The number of carbonyl (C=O) groups is 1. The monoisotopic (exact) mass is 342 g/mol. The summed E-state index contributed by atoms with van der Waals surface area (Å²) in [5.41, 5.74) is 0.383. The van der Waals surface area contributed by atoms with Crippen molar-refractivity contribution in [2.75, 3.05) is 19.6 Å². The van der Waals surface area contributed by atoms with Gasteiger partial charge in [-0.3, -0.25) is 0 Å². The minimum Gasteiger partial charge on any atom is -0.393 e. The fourth-order valence-corrected chi connectivity index (χ4v) is 3.33. The van der Waals surface area contributed by atoms with Gasteiger partial charge in [-0.2, -0.15) is 0 Å². The van der Waals surface area contributed by atoms with Crippen molar-refractivity contribution in [3.8, 4) is 0 Å². The average molecular weight is 343 g/mol. The fourth-order valence-electron chi connectivity index (χ4n) is 2.91. The second kappa shape index (κ2) is 7.05. The summed E-state index contributed by atoms with van der Waals surface area (Å²) in [7, 11) is 0. The Morgan fingerprint density at radius 3 is 2.83 bits per heavy atom. The third-order valence-corrected chi connectivity index (χ3v) is 4.85. The molecule has 2 rings (SSSR count). The number of nitrogens with one attached hydrogen (secondary N) is 1. The van der Waals surface area contributed by atoms with E-state index in [-0.39, 0.29) is 17.8 Å². The molecule has 1 saturated heterocycles. The van der Waals surface area contributed by atoms with E-state index < -0.39 is 11.5 Å². The van der Waals surface area contributed by atoms with Gasteiger partial charge in [0.1, 0.15) is 5.82 Å². The number of hydrogen-bond donors (Lipinski definition) is 2. The number of likely N-dealkylation sites (tertiary alicyclic amines) is 1. The SMILES string of the molecule is C[C@@H](O)[C@H]1CCN(C(=O)NCC(C)(C)c2ccc(F)cc2Cl)C1. The van der Waals surface area contributed by atoms with E-state index in [0.29, 0.717) is 24.7 Å². The Balaban J connectivity index is 1.95. The number of urea groups is 1. The zero-order valence-corrected chi connectivity index (χ0v) is 14.5. The molecule has 0 unspecified atom stereocenters. The molecule has 2 N–H and O–H groups in total. The molecule has 1 fully saturated rings. The molecule has 0 aliphatic carbocycles. The Morgan fingerprint density at radius 1 is 1.57 bits per heavy atom. The zero-order chi connectivity index (χ0) is 17.2. The van der Waals surface area contributed by atoms with Crippen molar-refractivity contribution in [1.82, 2.24) is 10.2 Å². The summed E-state index contributed by atoms with van der Waals surface area (Å²) in [4.78, 5) is 14.0. The summed E-state index contributed by atoms with van der Waals surface area (Å²) in [6, 6.07) is 4.18. The van der Waals surface area contributed by atoms with E-state index >= 15 is 0 Å². The molecule has 0 bridgehead atoms. The standard InChI is InChI=1S/C17H24ClFN2O2/c1-11(22)12-6-7-21(9-12)16(23)20-10-17(2,3)14-5-4-13(19)8-15(14)18/h4-5,8,11-12,22H,6-7,9-10H2,1-3H3,(H,20,23)/t11-,12+/m1/s1. The van der Waals surface area contributed by atoms with Crippen molar-refractivity contribution >= 4 is 17.6 Å². The topological polar surface area (TPSA) is 52.6 Å². The van der Waals surface area contributed by atoms with Crippen molar-refractivity contribution in [1.29, 1.82) is 0 Å². The molecule has 0 saturated carbocycles. The molecule has 128 valence electrons. The number of hydrogen-bond acceptors (Lipinski definition) is 2. The maximum Gasteiger partial charge on any atom is 0.317 e. The smallest absolute Gasteiger partial charge is 0.317 e. The van der Waals surface area contributed by atoms with Crippen molar-refractivity contribution in [2.24, 2.45) is 5.92 Å². The molecular weight excluding hydrogens is 319 g/mol. The van der Waals surface area contributed by atoms with Crippen LogP contribution in [0.2, 0.25) is 5.02 Å². The molecule has 2 amide bonds. The maximum absolute atomic E-state index is 13.2. The lowest BCUT2D eigenvalue weighted by Gasteiger charge is -2.28. The van der Waals surface area contributed by atoms with E-state index in [2.05, 4.69) is 5.32 Å². The van der Waals surface area contributed by atoms with Gasteiger partial charge < -0.3 is 15.3 Å². The first-order chi connectivity index (χ1) is 10.7. The summed E-state index contributed by atoms with van der Waals surface area (Å²) >= 11 is 6.12. The summed E-state index contributed by atoms with van der Waals surface area (Å²) in [6.07, 6.45) is 0.417. The van der Waals surface area contributed by atoms with Gasteiger partial charge >= 0.3 is 6.03 Å². The molecule has 4 nitrogen and oxygen atoms in total. The number of benzene rings is 1. The molecule has 1 aromatic rings. The van der Waals surface area contributed by atoms with E-state index in [1.807, 2.05) is 13.8 Å². The van der Waals surface area contributed by atoms with Crippen LogP contribution in [0.25, 0.3) is 0 Å². The van der Waals surface area contributed by atoms with Crippen molar-refractivity contribution < 1.29 is 14.3 Å². The van der Waals surface area contributed by atoms with E-state index in [1.165, 1.54) is 12.1 Å². The second-order valence-corrected chi connectivity index (χ2v) is 7.31. The number of rotatable bonds is 4. The van der Waals surface area contributed by atoms with Gasteiger partial charge in [-0.05, 0) is 31.0 Å². The van der Waals surface area contributed by atoms with Crippen LogP contribution in [0.4, 0.5) is 9.18 Å². The molecule has 6 heteroatoms. The predicted molar refractivity (Wildman–Crippen MR) is 89.2 cm³/mol. The molecule has 0 spiro atoms. The number of aliphatic hydroxyl groups excluding tert-OH is 1. The van der Waals surface area contributed by atoms with Crippen LogP contribution in [0.15, 0.2) is 18.2 Å². The first-order valence-corrected chi connectivity index (χ1v) is 8.25. The number of carbonyl (C=O) groups excluding carboxylic acids is 1. The zero-order valence-electron chi connectivity index (χ0n) is 13.8. The molecule has 2 atom stereocenters. The molecule has 1 aliphatic heterocycles. The Kier molecular flexibility index (Phi) is 5.53. The van der Waals surface area contributed by atoms with Gasteiger partial charge in [-0.15, -0.1) is 0 Å². The maximum atomic E-state index is 13.2. The van der Waals surface area contributed by atoms with E-state index in [9.17, 15) is 14.3 Å². The van der Waals surface area contributed by atoms with Crippen molar-refractivity contribution in [3.63, 3.8) is 0 Å². The van der Waals surface area contributed by atoms with Crippen molar-refractivity contribution in [3.05, 3.63) is 34.6 Å². The minimum atomic E-state index is -0.413. The number of aliphatic hydroxyl groups is 1. The van der Waals surface area contributed by atoms with Gasteiger partial charge in [-0.25, -0.2) is 9.18 Å². The highest BCUT2D eigenvalue weighted by Crippen LogP contribution is 2.30. The number of nitrogens with zero attached hydrogens (tertiary/aromatic N) is 1. The quantitative estimate of drug-likeness (QED) is 0.883. The molecule has 0 radical (unpaired) electrons. The summed E-state index contributed by atoms with van der Waals surface area (Å²) < 4.78 is 13.2. The first-order valence-electron chi connectivity index (χ1n) is 7.87. The van der Waals surface area contributed by atoms with Gasteiger partial charge in [0, 0.05) is 36.0 Å². The molecule has 0 aromatic heterocycles. The van der Waals surface area contributed by atoms with Crippen LogP contribution in [0.5, 0.6) is 0 Å². The highest BCUT2D eigenvalue weighted by Gasteiger charge is 2.30. The van der Waals surface area contributed by atoms with Crippen LogP contribution in [-0.2, 0) is 5.41 Å². The lowest BCUT2D eigenvalue weighted by molar-refractivity contribution is 0.129. The van der Waals surface area contributed by atoms with Gasteiger partial charge in [0.05, 0.1) is 6.10 Å². The van der Waals surface area contributed by atoms with Crippen LogP contribution < -0.4 is 5.32 Å². The second-order valence-electron chi connectivity index (χ2n) is 6.90. The van der Waals surface area contributed by atoms with Gasteiger partial charge in [0.2, 0.25) is 0 Å². The van der Waals surface area contributed by atoms with Crippen molar-refractivity contribution in [2.45, 2.75) is 38.7 Å². The van der Waals surface area contributed by atoms with Crippen LogP contribution >= 0.6 is 11.6 Å². The highest BCUT2D eigenvalue weighted by atomic mass is 35.5. The third-order valence-electron chi connectivity index (χ3n) is 4.54. The lowest BCUT2D eigenvalue weighted by atomic mass is 9.84. The average Bonchev–Trinajstić information content (AvgIpc) is 2.94. The molecular formula is C17H24ClFN2O2. The minimum absolute atomic E-state index is 0.139. The van der Waals surface area contributed by atoms with Gasteiger partial charge in [-0.1, -0.05) is 31.5 Å². The van der Waals surface area contributed by atoms with Crippen LogP contribution in [0.1, 0.15) is 32.8 Å². The fraction of sp³-hybridized carbons (Fsp3) is 0.588. The Morgan fingerprint density at radius 2 is 2.26 bits per heavy atom. The predicted octanol–water partition coefficient (Wildman–Crippen LogP) is 3.17. The Labute approximate surface area is 141 Å². The highest BCUT2D eigenvalue weighted by molar-refractivity contribution is 6.31. The summed E-state index contributed by atoms with van der Waals surface area (Å²) in [5.74, 6) is -0.236. The van der Waals surface area contributed by atoms with Crippen LogP contribution in [0.3, 0.4) is 0 Å². The lowest BCUT2D eigenvalue weighted by Crippen LogP contribution is -2.44. The van der Waals surface area contributed by atoms with Crippen LogP contribution in [-0.4, -0.2) is 41.8 Å². The first kappa shape index (κ1) is 18.0. The van der Waals surface area contributed by atoms with Gasteiger partial charge in [0.25, 0.3) is 0 Å². The number of amides is 2. The molecule has 1 heterocycles. The van der Waals surface area contributed by atoms with Gasteiger partial charge in [0.15, 0.2) is 0 Å². The largest absolute Gasteiger partial charge is 0.393 e. The Bertz CT molecular complexity index is 578. The van der Waals surface area contributed by atoms with E-state index in [0.717, 1.165) is 12.0 Å². The molecule has 1 aromatic carbocycles. The van der Waals surface area contributed by atoms with E-state index in [4.69, 9.17) is 11.6 Å². The van der Waals surface area contributed by atoms with E-state index in [1.54, 1.807) is 17.9 Å². The number of halogens is 2. The molecule has 1 aliphatic rings. The molecule has 23 heavy (non-hydrogen) atoms. The Hall–Kier alpha value is -1.33. The normalized spacial score (nSPS) is 19.7. The van der Waals surface area contributed by atoms with Crippen LogP contribution in [0, 0.1) is 11.7 Å². The summed E-state index contributed by atoms with van der Waals surface area (Å²) in [6.45, 7) is 7.28. The third kappa shape index (κ3) is 4.36. The summed E-state index contributed by atoms with van der Waals surface area (Å²) in [5, 5.41) is 12.9.